The summed E-state index contributed by atoms with van der Waals surface area (Å²) >= 11 is 0. The molecule has 54 valence electrons. The quantitative estimate of drug-likeness (QED) is 0.399. The van der Waals surface area contributed by atoms with Gasteiger partial charge in [-0.15, -0.1) is 0 Å². The first-order valence-electron chi connectivity index (χ1n) is 2.73. The van der Waals surface area contributed by atoms with Gasteiger partial charge in [0.2, 0.25) is 0 Å². The summed E-state index contributed by atoms with van der Waals surface area (Å²) in [7, 11) is -1.51. The number of aliphatic hydroxyl groups is 1. The van der Waals surface area contributed by atoms with Crippen molar-refractivity contribution in [2.75, 3.05) is 0 Å². The zero-order valence-corrected chi connectivity index (χ0v) is 5.18. The first kappa shape index (κ1) is 7.26. The van der Waals surface area contributed by atoms with Gasteiger partial charge in [0.25, 0.3) is 0 Å². The van der Waals surface area contributed by atoms with Gasteiger partial charge in [-0.3, -0.25) is 0 Å². The van der Waals surface area contributed by atoms with Gasteiger partial charge in [0.05, 0.1) is 0 Å². The molecule has 0 saturated heterocycles. The van der Waals surface area contributed by atoms with Crippen molar-refractivity contribution in [2.45, 2.75) is 6.73 Å². The maximum atomic E-state index is 8.55. The molecule has 0 aromatic carbocycles. The third kappa shape index (κ3) is 1.35. The minimum atomic E-state index is -1.51. The minimum Gasteiger partial charge on any atom is -0.423 e. The lowest BCUT2D eigenvalue weighted by Crippen LogP contribution is -2.28. The van der Waals surface area contributed by atoms with Gasteiger partial charge in [-0.2, -0.15) is 5.10 Å². The van der Waals surface area contributed by atoms with Crippen LogP contribution in [0.3, 0.4) is 0 Å². The van der Waals surface area contributed by atoms with Crippen LogP contribution in [0.1, 0.15) is 0 Å². The maximum absolute atomic E-state index is 8.55. The average Bonchev–Trinajstić information content (AvgIpc) is 2.34. The second-order valence-corrected chi connectivity index (χ2v) is 1.83. The van der Waals surface area contributed by atoms with Gasteiger partial charge < -0.3 is 15.2 Å². The fourth-order valence-electron chi connectivity index (χ4n) is 0.590. The highest BCUT2D eigenvalue weighted by molar-refractivity contribution is 6.58. The van der Waals surface area contributed by atoms with Gasteiger partial charge in [0.1, 0.15) is 6.73 Å². The summed E-state index contributed by atoms with van der Waals surface area (Å²) < 4.78 is 1.19. The summed E-state index contributed by atoms with van der Waals surface area (Å²) in [5.41, 5.74) is 0.272. The Balaban J connectivity index is 2.78. The van der Waals surface area contributed by atoms with Crippen molar-refractivity contribution in [2.24, 2.45) is 0 Å². The lowest BCUT2D eigenvalue weighted by Gasteiger charge is -1.90. The number of nitrogens with zero attached hydrogens (tertiary/aromatic N) is 2. The summed E-state index contributed by atoms with van der Waals surface area (Å²) in [6, 6.07) is 0. The van der Waals surface area contributed by atoms with Gasteiger partial charge in [-0.05, 0) is 0 Å². The second kappa shape index (κ2) is 2.83. The molecule has 0 aliphatic heterocycles. The lowest BCUT2D eigenvalue weighted by molar-refractivity contribution is 0.195. The van der Waals surface area contributed by atoms with E-state index in [0.29, 0.717) is 0 Å². The van der Waals surface area contributed by atoms with Crippen LogP contribution in [0.25, 0.3) is 0 Å². The van der Waals surface area contributed by atoms with E-state index in [0.717, 1.165) is 0 Å². The summed E-state index contributed by atoms with van der Waals surface area (Å²) in [4.78, 5) is 0. The van der Waals surface area contributed by atoms with Crippen LogP contribution < -0.4 is 5.46 Å². The molecule has 1 aromatic rings. The molecular formula is C4H7BN2O3. The van der Waals surface area contributed by atoms with Crippen LogP contribution in [0.15, 0.2) is 12.4 Å². The van der Waals surface area contributed by atoms with Crippen molar-refractivity contribution < 1.29 is 15.2 Å². The molecule has 1 heterocycles. The first-order chi connectivity index (χ1) is 4.74. The molecular weight excluding hydrogens is 135 g/mol. The Kier molecular flexibility index (Phi) is 2.05. The van der Waals surface area contributed by atoms with Gasteiger partial charge in [-0.25, -0.2) is 4.68 Å². The Hall–Kier alpha value is -0.845. The van der Waals surface area contributed by atoms with E-state index in [-0.39, 0.29) is 12.2 Å². The third-order valence-electron chi connectivity index (χ3n) is 1.10. The highest BCUT2D eigenvalue weighted by Crippen LogP contribution is 1.80. The van der Waals surface area contributed by atoms with Crippen LogP contribution in [-0.4, -0.2) is 32.1 Å². The predicted molar refractivity (Wildman–Crippen MR) is 34.3 cm³/mol. The molecule has 0 atom stereocenters. The molecule has 0 radical (unpaired) electrons. The lowest BCUT2D eigenvalue weighted by atomic mass is 9.83. The number of hydrogen-bond acceptors (Lipinski definition) is 4. The highest BCUT2D eigenvalue weighted by atomic mass is 16.4. The Morgan fingerprint density at radius 1 is 1.60 bits per heavy atom. The standard InChI is InChI=1S/C4H7BN2O3/c8-3-7-2-4(1-6-7)5(9)10/h1-2,8-10H,3H2. The molecule has 0 aliphatic rings. The number of hydrogen-bond donors (Lipinski definition) is 3. The molecule has 0 spiro atoms. The van der Waals surface area contributed by atoms with Crippen molar-refractivity contribution in [1.82, 2.24) is 9.78 Å². The molecule has 0 saturated carbocycles. The van der Waals surface area contributed by atoms with E-state index in [1.807, 2.05) is 0 Å². The summed E-state index contributed by atoms with van der Waals surface area (Å²) in [6.07, 6.45) is 2.63. The molecule has 10 heavy (non-hydrogen) atoms. The van der Waals surface area contributed by atoms with Crippen LogP contribution in [0.4, 0.5) is 0 Å². The molecule has 3 N–H and O–H groups in total. The van der Waals surface area contributed by atoms with Crippen molar-refractivity contribution in [1.29, 1.82) is 0 Å². The SMILES string of the molecule is OCn1cc(B(O)O)cn1. The van der Waals surface area contributed by atoms with Gasteiger partial charge in [-0.1, -0.05) is 0 Å². The molecule has 6 heteroatoms. The predicted octanol–water partition coefficient (Wildman–Crippen LogP) is -2.49. The van der Waals surface area contributed by atoms with E-state index in [9.17, 15) is 0 Å². The normalized spacial score (nSPS) is 9.90. The Morgan fingerprint density at radius 2 is 2.30 bits per heavy atom. The average molecular weight is 142 g/mol. The zero-order chi connectivity index (χ0) is 7.56. The van der Waals surface area contributed by atoms with E-state index < -0.39 is 7.12 Å². The second-order valence-electron chi connectivity index (χ2n) is 1.83. The fraction of sp³-hybridized carbons (Fsp3) is 0.250. The molecule has 0 bridgehead atoms. The van der Waals surface area contributed by atoms with Crippen LogP contribution >= 0.6 is 0 Å². The molecule has 0 unspecified atom stereocenters. The largest absolute Gasteiger partial charge is 0.491 e. The van der Waals surface area contributed by atoms with Gasteiger partial charge in [0, 0.05) is 17.9 Å². The Morgan fingerprint density at radius 3 is 2.60 bits per heavy atom. The van der Waals surface area contributed by atoms with E-state index in [1.54, 1.807) is 0 Å². The first-order valence-corrected chi connectivity index (χ1v) is 2.73. The summed E-state index contributed by atoms with van der Waals surface area (Å²) in [5, 5.41) is 29.2. The zero-order valence-electron chi connectivity index (χ0n) is 5.18. The highest BCUT2D eigenvalue weighted by Gasteiger charge is 2.12. The molecule has 1 aromatic heterocycles. The molecule has 0 fully saturated rings. The number of aromatic nitrogens is 2. The number of rotatable bonds is 2. The topological polar surface area (TPSA) is 78.5 Å². The van der Waals surface area contributed by atoms with E-state index in [4.69, 9.17) is 15.2 Å². The van der Waals surface area contributed by atoms with Gasteiger partial charge >= 0.3 is 7.12 Å². The fourth-order valence-corrected chi connectivity index (χ4v) is 0.590. The van der Waals surface area contributed by atoms with Crippen molar-refractivity contribution in [3.05, 3.63) is 12.4 Å². The Bertz CT molecular complexity index is 212. The number of aliphatic hydroxyl groups excluding tert-OH is 1. The molecule has 1 rings (SSSR count). The van der Waals surface area contributed by atoms with E-state index in [2.05, 4.69) is 5.10 Å². The van der Waals surface area contributed by atoms with Crippen molar-refractivity contribution in [3.63, 3.8) is 0 Å². The van der Waals surface area contributed by atoms with Crippen LogP contribution in [0.5, 0.6) is 0 Å². The van der Waals surface area contributed by atoms with E-state index >= 15 is 0 Å². The van der Waals surface area contributed by atoms with E-state index in [1.165, 1.54) is 17.1 Å². The minimum absolute atomic E-state index is 0.257. The van der Waals surface area contributed by atoms with Gasteiger partial charge in [0.15, 0.2) is 0 Å². The summed E-state index contributed by atoms with van der Waals surface area (Å²) in [5.74, 6) is 0. The van der Waals surface area contributed by atoms with Crippen LogP contribution in [0.2, 0.25) is 0 Å². The van der Waals surface area contributed by atoms with Crippen LogP contribution in [-0.2, 0) is 6.73 Å². The Labute approximate surface area is 57.7 Å². The third-order valence-corrected chi connectivity index (χ3v) is 1.10. The molecule has 0 amide bonds. The molecule has 5 nitrogen and oxygen atoms in total. The smallest absolute Gasteiger partial charge is 0.423 e. The molecule has 0 aliphatic carbocycles. The van der Waals surface area contributed by atoms with Crippen molar-refractivity contribution >= 4 is 12.6 Å². The monoisotopic (exact) mass is 142 g/mol. The van der Waals surface area contributed by atoms with Crippen molar-refractivity contribution in [3.8, 4) is 0 Å². The maximum Gasteiger partial charge on any atom is 0.491 e. The summed E-state index contributed by atoms with van der Waals surface area (Å²) in [6.45, 7) is -0.257. The van der Waals surface area contributed by atoms with Crippen LogP contribution in [0, 0.1) is 0 Å².